The van der Waals surface area contributed by atoms with E-state index in [0.29, 0.717) is 6.61 Å². The number of benzene rings is 1. The van der Waals surface area contributed by atoms with Gasteiger partial charge < -0.3 is 9.64 Å². The van der Waals surface area contributed by atoms with Crippen LogP contribution in [0.25, 0.3) is 0 Å². The van der Waals surface area contributed by atoms with Crippen LogP contribution in [0.1, 0.15) is 43.9 Å². The summed E-state index contributed by atoms with van der Waals surface area (Å²) in [6.45, 7) is 5.46. The number of thioether (sulfide) groups is 1. The zero-order chi connectivity index (χ0) is 15.8. The van der Waals surface area contributed by atoms with Crippen molar-refractivity contribution in [2.24, 2.45) is 0 Å². The van der Waals surface area contributed by atoms with E-state index in [1.807, 2.05) is 30.0 Å². The first-order valence-corrected chi connectivity index (χ1v) is 8.93. The third-order valence-electron chi connectivity index (χ3n) is 3.71. The Morgan fingerprint density at radius 3 is 2.73 bits per heavy atom. The van der Waals surface area contributed by atoms with Gasteiger partial charge in [0.2, 0.25) is 0 Å². The van der Waals surface area contributed by atoms with Crippen LogP contribution in [-0.2, 0) is 4.74 Å². The van der Waals surface area contributed by atoms with Crippen molar-refractivity contribution < 1.29 is 9.53 Å². The molecule has 4 heteroatoms. The molecule has 1 aromatic carbocycles. The average Bonchev–Trinajstić information content (AvgIpc) is 2.54. The standard InChI is InChI=1S/C18H25NO2S/c1-3-5-6-10-13-19-17(21-4-2)14-16(22-18(19)20)15-11-8-7-9-12-15/h5-9,11-12,16-17H,3-4,10,13-14H2,1-2H3/b6-5-. The Hall–Kier alpha value is -1.26. The lowest BCUT2D eigenvalue weighted by atomic mass is 10.1. The van der Waals surface area contributed by atoms with Crippen LogP contribution in [0.2, 0.25) is 0 Å². The van der Waals surface area contributed by atoms with Crippen molar-refractivity contribution in [3.05, 3.63) is 48.0 Å². The lowest BCUT2D eigenvalue weighted by Crippen LogP contribution is -2.44. The Morgan fingerprint density at radius 1 is 1.27 bits per heavy atom. The summed E-state index contributed by atoms with van der Waals surface area (Å²) < 4.78 is 5.84. The van der Waals surface area contributed by atoms with Gasteiger partial charge >= 0.3 is 0 Å². The van der Waals surface area contributed by atoms with E-state index in [1.165, 1.54) is 17.3 Å². The fourth-order valence-corrected chi connectivity index (χ4v) is 3.76. The number of ether oxygens (including phenoxy) is 1. The van der Waals surface area contributed by atoms with Crippen LogP contribution < -0.4 is 0 Å². The highest BCUT2D eigenvalue weighted by Gasteiger charge is 2.35. The van der Waals surface area contributed by atoms with Crippen molar-refractivity contribution >= 4 is 17.0 Å². The van der Waals surface area contributed by atoms with Crippen LogP contribution in [0.4, 0.5) is 4.79 Å². The van der Waals surface area contributed by atoms with Crippen molar-refractivity contribution in [2.75, 3.05) is 13.2 Å². The number of allylic oxidation sites excluding steroid dienone is 1. The van der Waals surface area contributed by atoms with E-state index in [0.717, 1.165) is 25.8 Å². The zero-order valence-electron chi connectivity index (χ0n) is 13.4. The number of nitrogens with zero attached hydrogens (tertiary/aromatic N) is 1. The zero-order valence-corrected chi connectivity index (χ0v) is 14.2. The van der Waals surface area contributed by atoms with Gasteiger partial charge in [-0.05, 0) is 25.3 Å². The average molecular weight is 319 g/mol. The molecule has 1 amide bonds. The molecule has 2 unspecified atom stereocenters. The third-order valence-corrected chi connectivity index (χ3v) is 4.90. The molecule has 0 bridgehead atoms. The summed E-state index contributed by atoms with van der Waals surface area (Å²) in [5, 5.41) is 0.316. The smallest absolute Gasteiger partial charge is 0.284 e. The van der Waals surface area contributed by atoms with Gasteiger partial charge in [0, 0.05) is 24.8 Å². The molecule has 0 saturated carbocycles. The van der Waals surface area contributed by atoms with Crippen LogP contribution in [0, 0.1) is 0 Å². The first-order chi connectivity index (χ1) is 10.8. The van der Waals surface area contributed by atoms with E-state index in [4.69, 9.17) is 4.74 Å². The van der Waals surface area contributed by atoms with Crippen LogP contribution in [0.15, 0.2) is 42.5 Å². The van der Waals surface area contributed by atoms with E-state index < -0.39 is 0 Å². The Balaban J connectivity index is 2.03. The highest BCUT2D eigenvalue weighted by molar-refractivity contribution is 8.13. The lowest BCUT2D eigenvalue weighted by molar-refractivity contribution is -0.0342. The van der Waals surface area contributed by atoms with E-state index in [2.05, 4.69) is 31.2 Å². The highest BCUT2D eigenvalue weighted by atomic mass is 32.2. The summed E-state index contributed by atoms with van der Waals surface area (Å²) in [6.07, 6.45) is 6.95. The molecule has 22 heavy (non-hydrogen) atoms. The number of hydrogen-bond donors (Lipinski definition) is 0. The Bertz CT molecular complexity index is 489. The first kappa shape index (κ1) is 17.1. The molecule has 0 spiro atoms. The van der Waals surface area contributed by atoms with Crippen molar-refractivity contribution in [3.8, 4) is 0 Å². The number of rotatable bonds is 7. The minimum absolute atomic E-state index is 0.112. The second-order valence-corrected chi connectivity index (χ2v) is 6.44. The molecule has 1 heterocycles. The van der Waals surface area contributed by atoms with E-state index >= 15 is 0 Å². The van der Waals surface area contributed by atoms with Crippen LogP contribution in [-0.4, -0.2) is 29.5 Å². The maximum Gasteiger partial charge on any atom is 0.284 e. The molecule has 1 fully saturated rings. The largest absolute Gasteiger partial charge is 0.359 e. The minimum atomic E-state index is -0.112. The van der Waals surface area contributed by atoms with Gasteiger partial charge in [0.15, 0.2) is 0 Å². The van der Waals surface area contributed by atoms with Crippen molar-refractivity contribution in [3.63, 3.8) is 0 Å². The molecule has 1 aliphatic heterocycles. The molecule has 3 nitrogen and oxygen atoms in total. The minimum Gasteiger partial charge on any atom is -0.359 e. The van der Waals surface area contributed by atoms with E-state index in [1.54, 1.807) is 0 Å². The monoisotopic (exact) mass is 319 g/mol. The number of amides is 1. The Labute approximate surface area is 137 Å². The molecule has 1 aliphatic rings. The lowest BCUT2D eigenvalue weighted by Gasteiger charge is -2.38. The van der Waals surface area contributed by atoms with Crippen molar-refractivity contribution in [1.82, 2.24) is 4.90 Å². The van der Waals surface area contributed by atoms with E-state index in [-0.39, 0.29) is 16.7 Å². The van der Waals surface area contributed by atoms with Gasteiger partial charge in [-0.1, -0.05) is 61.2 Å². The number of carbonyl (C=O) groups is 1. The van der Waals surface area contributed by atoms with Crippen molar-refractivity contribution in [2.45, 2.75) is 44.6 Å². The molecule has 1 aromatic rings. The molecular weight excluding hydrogens is 294 g/mol. The topological polar surface area (TPSA) is 29.5 Å². The van der Waals surface area contributed by atoms with Crippen LogP contribution >= 0.6 is 11.8 Å². The third kappa shape index (κ3) is 4.62. The molecule has 2 atom stereocenters. The molecule has 1 saturated heterocycles. The maximum atomic E-state index is 12.5. The van der Waals surface area contributed by atoms with Gasteiger partial charge in [0.25, 0.3) is 5.24 Å². The summed E-state index contributed by atoms with van der Waals surface area (Å²) >= 11 is 1.42. The first-order valence-electron chi connectivity index (χ1n) is 8.05. The Kier molecular flexibility index (Phi) is 7.00. The number of carbonyl (C=O) groups excluding carboxylic acids is 1. The van der Waals surface area contributed by atoms with Gasteiger partial charge in [-0.25, -0.2) is 0 Å². The van der Waals surface area contributed by atoms with Crippen LogP contribution in [0.5, 0.6) is 0 Å². The van der Waals surface area contributed by atoms with Gasteiger partial charge in [-0.3, -0.25) is 4.79 Å². The second-order valence-electron chi connectivity index (χ2n) is 5.29. The van der Waals surface area contributed by atoms with Gasteiger partial charge in [0.05, 0.1) is 0 Å². The Morgan fingerprint density at radius 2 is 2.05 bits per heavy atom. The second kappa shape index (κ2) is 9.01. The normalized spacial score (nSPS) is 22.5. The molecule has 0 aliphatic carbocycles. The quantitative estimate of drug-likeness (QED) is 0.662. The molecule has 0 radical (unpaired) electrons. The molecule has 0 aromatic heterocycles. The highest BCUT2D eigenvalue weighted by Crippen LogP contribution is 2.41. The van der Waals surface area contributed by atoms with Gasteiger partial charge in [0.1, 0.15) is 6.23 Å². The molecule has 0 N–H and O–H groups in total. The molecule has 2 rings (SSSR count). The fraction of sp³-hybridized carbons (Fsp3) is 0.500. The summed E-state index contributed by atoms with van der Waals surface area (Å²) in [7, 11) is 0. The molecular formula is C18H25NO2S. The maximum absolute atomic E-state index is 12.5. The van der Waals surface area contributed by atoms with Crippen LogP contribution in [0.3, 0.4) is 0 Å². The van der Waals surface area contributed by atoms with Gasteiger partial charge in [-0.2, -0.15) is 0 Å². The van der Waals surface area contributed by atoms with Crippen molar-refractivity contribution in [1.29, 1.82) is 0 Å². The fourth-order valence-electron chi connectivity index (χ4n) is 2.62. The van der Waals surface area contributed by atoms with E-state index in [9.17, 15) is 4.79 Å². The van der Waals surface area contributed by atoms with Gasteiger partial charge in [-0.15, -0.1) is 0 Å². The summed E-state index contributed by atoms with van der Waals surface area (Å²) in [4.78, 5) is 14.4. The SMILES string of the molecule is CC/C=C\CCN1C(=O)SC(c2ccccc2)CC1OCC. The predicted octanol–water partition coefficient (Wildman–Crippen LogP) is 5.01. The summed E-state index contributed by atoms with van der Waals surface area (Å²) in [5.74, 6) is 0. The molecule has 120 valence electrons. The number of hydrogen-bond acceptors (Lipinski definition) is 3. The summed E-state index contributed by atoms with van der Waals surface area (Å²) in [5.41, 5.74) is 1.20. The predicted molar refractivity (Wildman–Crippen MR) is 93.0 cm³/mol. The summed E-state index contributed by atoms with van der Waals surface area (Å²) in [6, 6.07) is 10.2.